The number of anilines is 1. The number of aromatic nitrogens is 3. The number of nitrogens with zero attached hydrogens (tertiary/aromatic N) is 4. The van der Waals surface area contributed by atoms with E-state index in [2.05, 4.69) is 25.8 Å². The average Bonchev–Trinajstić information content (AvgIpc) is 3.14. The Balaban J connectivity index is 1.62. The van der Waals surface area contributed by atoms with E-state index in [1.807, 2.05) is 6.92 Å². The number of ether oxygens (including phenoxy) is 1. The lowest BCUT2D eigenvalue weighted by Crippen LogP contribution is -2.34. The first-order valence-electron chi connectivity index (χ1n) is 7.87. The summed E-state index contributed by atoms with van der Waals surface area (Å²) >= 11 is 0. The molecule has 8 nitrogen and oxygen atoms in total. The van der Waals surface area contributed by atoms with Gasteiger partial charge >= 0.3 is 6.03 Å². The van der Waals surface area contributed by atoms with Crippen LogP contribution in [-0.4, -0.2) is 65.8 Å². The van der Waals surface area contributed by atoms with Crippen molar-refractivity contribution in [3.05, 3.63) is 6.20 Å². The maximum absolute atomic E-state index is 11.8. The zero-order valence-electron chi connectivity index (χ0n) is 13.4. The highest BCUT2D eigenvalue weighted by atomic mass is 16.5. The molecule has 8 heteroatoms. The van der Waals surface area contributed by atoms with Crippen molar-refractivity contribution in [2.24, 2.45) is 5.92 Å². The van der Waals surface area contributed by atoms with Gasteiger partial charge in [-0.05, 0) is 32.2 Å². The summed E-state index contributed by atoms with van der Waals surface area (Å²) in [6, 6.07) is -0.221. The minimum Gasteiger partial charge on any atom is -0.385 e. The average molecular weight is 310 g/mol. The molecule has 22 heavy (non-hydrogen) atoms. The number of amides is 2. The van der Waals surface area contributed by atoms with Crippen LogP contribution in [0.3, 0.4) is 0 Å². The number of aryl methyl sites for hydroxylation is 1. The van der Waals surface area contributed by atoms with E-state index in [1.54, 1.807) is 18.0 Å². The van der Waals surface area contributed by atoms with E-state index in [-0.39, 0.29) is 6.03 Å². The van der Waals surface area contributed by atoms with Crippen LogP contribution in [0.4, 0.5) is 10.6 Å². The number of hydrogen-bond donors (Lipinski definition) is 2. The molecular weight excluding hydrogens is 284 g/mol. The zero-order valence-corrected chi connectivity index (χ0v) is 13.4. The number of urea groups is 1. The molecule has 1 aromatic heterocycles. The predicted molar refractivity (Wildman–Crippen MR) is 83.8 cm³/mol. The molecule has 1 aliphatic heterocycles. The van der Waals surface area contributed by atoms with E-state index in [0.29, 0.717) is 18.3 Å². The lowest BCUT2D eigenvalue weighted by molar-refractivity contribution is 0.178. The molecule has 1 aromatic rings. The Morgan fingerprint density at radius 1 is 1.55 bits per heavy atom. The van der Waals surface area contributed by atoms with Gasteiger partial charge in [0.25, 0.3) is 0 Å². The Morgan fingerprint density at radius 2 is 2.41 bits per heavy atom. The third kappa shape index (κ3) is 5.27. The van der Waals surface area contributed by atoms with Crippen molar-refractivity contribution < 1.29 is 9.53 Å². The normalized spacial score (nSPS) is 18.5. The first kappa shape index (κ1) is 16.7. The van der Waals surface area contributed by atoms with Gasteiger partial charge in [0.2, 0.25) is 0 Å². The molecular formula is C14H26N6O2. The van der Waals surface area contributed by atoms with Crippen molar-refractivity contribution in [1.82, 2.24) is 25.2 Å². The summed E-state index contributed by atoms with van der Waals surface area (Å²) in [5.41, 5.74) is 0. The standard InChI is InChI=1S/C14H26N6O2/c1-3-20-11-13(17-18-20)16-14(21)15-9-12-5-7-19(10-12)6-4-8-22-2/h11-12H,3-10H2,1-2H3,(H2,15,16,21). The Hall–Kier alpha value is -1.67. The van der Waals surface area contributed by atoms with Gasteiger partial charge in [-0.3, -0.25) is 10.00 Å². The number of rotatable bonds is 8. The summed E-state index contributed by atoms with van der Waals surface area (Å²) in [5, 5.41) is 13.4. The molecule has 2 N–H and O–H groups in total. The van der Waals surface area contributed by atoms with E-state index in [0.717, 1.165) is 45.6 Å². The highest BCUT2D eigenvalue weighted by Crippen LogP contribution is 2.15. The van der Waals surface area contributed by atoms with Crippen LogP contribution in [0.2, 0.25) is 0 Å². The second-order valence-corrected chi connectivity index (χ2v) is 5.60. The third-order valence-corrected chi connectivity index (χ3v) is 3.85. The van der Waals surface area contributed by atoms with Gasteiger partial charge in [0.15, 0.2) is 5.82 Å². The van der Waals surface area contributed by atoms with Crippen LogP contribution in [-0.2, 0) is 11.3 Å². The Bertz CT molecular complexity index is 464. The van der Waals surface area contributed by atoms with Crippen LogP contribution < -0.4 is 10.6 Å². The van der Waals surface area contributed by atoms with Crippen molar-refractivity contribution in [2.45, 2.75) is 26.3 Å². The van der Waals surface area contributed by atoms with E-state index >= 15 is 0 Å². The van der Waals surface area contributed by atoms with Crippen molar-refractivity contribution in [1.29, 1.82) is 0 Å². The maximum atomic E-state index is 11.8. The van der Waals surface area contributed by atoms with Gasteiger partial charge in [-0.2, -0.15) is 0 Å². The van der Waals surface area contributed by atoms with Crippen molar-refractivity contribution >= 4 is 11.8 Å². The van der Waals surface area contributed by atoms with Gasteiger partial charge in [-0.1, -0.05) is 5.21 Å². The predicted octanol–water partition coefficient (Wildman–Crippen LogP) is 0.778. The van der Waals surface area contributed by atoms with E-state index in [9.17, 15) is 4.79 Å². The van der Waals surface area contributed by atoms with Crippen molar-refractivity contribution in [2.75, 3.05) is 45.2 Å². The molecule has 0 spiro atoms. The van der Waals surface area contributed by atoms with Crippen LogP contribution in [0.5, 0.6) is 0 Å². The Labute approximate surface area is 131 Å². The molecule has 1 atom stereocenters. The van der Waals surface area contributed by atoms with Gasteiger partial charge in [0.05, 0.1) is 6.20 Å². The molecule has 0 aliphatic carbocycles. The number of nitrogens with one attached hydrogen (secondary N) is 2. The van der Waals surface area contributed by atoms with Crippen LogP contribution >= 0.6 is 0 Å². The topological polar surface area (TPSA) is 84.3 Å². The summed E-state index contributed by atoms with van der Waals surface area (Å²) in [5.74, 6) is 0.992. The number of methoxy groups -OCH3 is 1. The van der Waals surface area contributed by atoms with Crippen LogP contribution in [0, 0.1) is 5.92 Å². The highest BCUT2D eigenvalue weighted by Gasteiger charge is 2.22. The monoisotopic (exact) mass is 310 g/mol. The molecule has 1 unspecified atom stereocenters. The highest BCUT2D eigenvalue weighted by molar-refractivity contribution is 5.87. The largest absolute Gasteiger partial charge is 0.385 e. The SMILES string of the molecule is CCn1cc(NC(=O)NCC2CCN(CCCOC)C2)nn1. The van der Waals surface area contributed by atoms with Gasteiger partial charge in [-0.25, -0.2) is 4.79 Å². The Morgan fingerprint density at radius 3 is 3.14 bits per heavy atom. The summed E-state index contributed by atoms with van der Waals surface area (Å²) < 4.78 is 6.74. The number of hydrogen-bond acceptors (Lipinski definition) is 5. The molecule has 0 radical (unpaired) electrons. The quantitative estimate of drug-likeness (QED) is 0.693. The summed E-state index contributed by atoms with van der Waals surface area (Å²) in [6.07, 6.45) is 3.90. The fraction of sp³-hybridized carbons (Fsp3) is 0.786. The summed E-state index contributed by atoms with van der Waals surface area (Å²) in [4.78, 5) is 14.3. The molecule has 124 valence electrons. The maximum Gasteiger partial charge on any atom is 0.320 e. The van der Waals surface area contributed by atoms with Crippen LogP contribution in [0.25, 0.3) is 0 Å². The molecule has 0 aromatic carbocycles. The van der Waals surface area contributed by atoms with E-state index in [4.69, 9.17) is 4.74 Å². The van der Waals surface area contributed by atoms with E-state index < -0.39 is 0 Å². The fourth-order valence-electron chi connectivity index (χ4n) is 2.62. The lowest BCUT2D eigenvalue weighted by Gasteiger charge is -2.15. The zero-order chi connectivity index (χ0) is 15.8. The molecule has 1 saturated heterocycles. The molecule has 0 saturated carbocycles. The summed E-state index contributed by atoms with van der Waals surface area (Å²) in [6.45, 7) is 7.40. The minimum absolute atomic E-state index is 0.221. The second kappa shape index (κ2) is 8.70. The van der Waals surface area contributed by atoms with Gasteiger partial charge in [-0.15, -0.1) is 5.10 Å². The number of carbonyl (C=O) groups is 1. The van der Waals surface area contributed by atoms with Crippen molar-refractivity contribution in [3.8, 4) is 0 Å². The number of likely N-dealkylation sites (tertiary alicyclic amines) is 1. The second-order valence-electron chi connectivity index (χ2n) is 5.60. The third-order valence-electron chi connectivity index (χ3n) is 3.85. The van der Waals surface area contributed by atoms with Crippen LogP contribution in [0.15, 0.2) is 6.20 Å². The first-order valence-corrected chi connectivity index (χ1v) is 7.87. The van der Waals surface area contributed by atoms with Gasteiger partial charge < -0.3 is 15.0 Å². The first-order chi connectivity index (χ1) is 10.7. The number of carbonyl (C=O) groups excluding carboxylic acids is 1. The Kier molecular flexibility index (Phi) is 6.60. The molecule has 1 fully saturated rings. The molecule has 2 amide bonds. The smallest absolute Gasteiger partial charge is 0.320 e. The molecule has 1 aliphatic rings. The molecule has 2 heterocycles. The van der Waals surface area contributed by atoms with Crippen LogP contribution in [0.1, 0.15) is 19.8 Å². The fourth-order valence-corrected chi connectivity index (χ4v) is 2.62. The van der Waals surface area contributed by atoms with Gasteiger partial charge in [0, 0.05) is 39.9 Å². The minimum atomic E-state index is -0.221. The summed E-state index contributed by atoms with van der Waals surface area (Å²) in [7, 11) is 1.73. The molecule has 0 bridgehead atoms. The van der Waals surface area contributed by atoms with E-state index in [1.165, 1.54) is 0 Å². The molecule has 2 rings (SSSR count). The van der Waals surface area contributed by atoms with Gasteiger partial charge in [0.1, 0.15) is 0 Å². The lowest BCUT2D eigenvalue weighted by atomic mass is 10.1. The van der Waals surface area contributed by atoms with Crippen molar-refractivity contribution in [3.63, 3.8) is 0 Å².